The zero-order valence-corrected chi connectivity index (χ0v) is 13.6. The van der Waals surface area contributed by atoms with Crippen LogP contribution in [-0.4, -0.2) is 33.5 Å². The second-order valence-corrected chi connectivity index (χ2v) is 7.74. The van der Waals surface area contributed by atoms with E-state index in [1.807, 2.05) is 42.7 Å². The predicted molar refractivity (Wildman–Crippen MR) is 90.3 cm³/mol. The highest BCUT2D eigenvalue weighted by molar-refractivity contribution is 7.91. The highest BCUT2D eigenvalue weighted by atomic mass is 32.2. The minimum atomic E-state index is -3.15. The molecule has 3 rings (SSSR count). The Labute approximate surface area is 136 Å². The summed E-state index contributed by atoms with van der Waals surface area (Å²) >= 11 is 0. The molecule has 0 aromatic heterocycles. The Bertz CT molecular complexity index is 797. The van der Waals surface area contributed by atoms with Crippen LogP contribution in [0.5, 0.6) is 0 Å². The molecule has 119 valence electrons. The Morgan fingerprint density at radius 1 is 1.00 bits per heavy atom. The third kappa shape index (κ3) is 3.45. The summed E-state index contributed by atoms with van der Waals surface area (Å²) in [6.45, 7) is 1.29. The first-order valence-corrected chi connectivity index (χ1v) is 9.25. The van der Waals surface area contributed by atoms with Crippen molar-refractivity contribution in [2.45, 2.75) is 17.7 Å². The zero-order valence-electron chi connectivity index (χ0n) is 12.7. The molecule has 0 saturated heterocycles. The Morgan fingerprint density at radius 2 is 1.70 bits per heavy atom. The number of nitrogens with zero attached hydrogens (tertiary/aromatic N) is 1. The van der Waals surface area contributed by atoms with Gasteiger partial charge in [-0.25, -0.2) is 8.42 Å². The average Bonchev–Trinajstić information content (AvgIpc) is 2.56. The molecular weight excluding hydrogens is 310 g/mol. The van der Waals surface area contributed by atoms with Gasteiger partial charge >= 0.3 is 0 Å². The van der Waals surface area contributed by atoms with Crippen LogP contribution in [0.25, 0.3) is 0 Å². The molecule has 0 unspecified atom stereocenters. The van der Waals surface area contributed by atoms with Gasteiger partial charge in [0.05, 0.1) is 16.3 Å². The van der Waals surface area contributed by atoms with Crippen LogP contribution in [0.15, 0.2) is 53.4 Å². The smallest absolute Gasteiger partial charge is 0.203 e. The normalized spacial score (nSPS) is 15.9. The molecule has 1 aliphatic heterocycles. The first kappa shape index (κ1) is 15.7. The van der Waals surface area contributed by atoms with Gasteiger partial charge in [0, 0.05) is 19.5 Å². The third-order valence-corrected chi connectivity index (χ3v) is 5.88. The van der Waals surface area contributed by atoms with Crippen molar-refractivity contribution in [1.29, 1.82) is 0 Å². The van der Waals surface area contributed by atoms with Crippen molar-refractivity contribution in [3.05, 3.63) is 59.7 Å². The summed E-state index contributed by atoms with van der Waals surface area (Å²) in [5.41, 5.74) is 2.93. The van der Waals surface area contributed by atoms with Gasteiger partial charge in [0.15, 0.2) is 9.84 Å². The fraction of sp³-hybridized carbons (Fsp3) is 0.278. The van der Waals surface area contributed by atoms with Crippen LogP contribution in [0.4, 0.5) is 5.69 Å². The van der Waals surface area contributed by atoms with Crippen LogP contribution in [0.1, 0.15) is 11.1 Å². The van der Waals surface area contributed by atoms with Gasteiger partial charge in [-0.1, -0.05) is 36.4 Å². The molecule has 23 heavy (non-hydrogen) atoms. The predicted octanol–water partition coefficient (Wildman–Crippen LogP) is 2.18. The van der Waals surface area contributed by atoms with E-state index in [-0.39, 0.29) is 5.75 Å². The molecule has 1 heterocycles. The van der Waals surface area contributed by atoms with E-state index in [2.05, 4.69) is 4.90 Å². The summed E-state index contributed by atoms with van der Waals surface area (Å²) in [4.78, 5) is 12.9. The number of hydrogen-bond donors (Lipinski definition) is 0. The van der Waals surface area contributed by atoms with Gasteiger partial charge < -0.3 is 4.90 Å². The maximum Gasteiger partial charge on any atom is 0.203 e. The lowest BCUT2D eigenvalue weighted by molar-refractivity contribution is 0.555. The van der Waals surface area contributed by atoms with Crippen LogP contribution in [-0.2, 0) is 27.5 Å². The monoisotopic (exact) mass is 328 g/mol. The van der Waals surface area contributed by atoms with Gasteiger partial charge in [0.1, 0.15) is 0 Å². The Hall–Kier alpha value is -2.14. The van der Waals surface area contributed by atoms with Crippen molar-refractivity contribution in [3.8, 4) is 0 Å². The number of para-hydroxylation sites is 1. The van der Waals surface area contributed by atoms with Crippen molar-refractivity contribution in [1.82, 2.24) is 0 Å². The van der Waals surface area contributed by atoms with Gasteiger partial charge in [0.25, 0.3) is 0 Å². The lowest BCUT2D eigenvalue weighted by Gasteiger charge is -2.31. The van der Waals surface area contributed by atoms with E-state index in [9.17, 15) is 13.2 Å². The molecule has 1 aliphatic rings. The topological polar surface area (TPSA) is 54.5 Å². The summed E-state index contributed by atoms with van der Waals surface area (Å²) in [7, 11) is -3.15. The Balaban J connectivity index is 1.73. The first-order chi connectivity index (χ1) is 11.1. The van der Waals surface area contributed by atoms with Crippen LogP contribution in [0.2, 0.25) is 0 Å². The quantitative estimate of drug-likeness (QED) is 0.844. The molecule has 0 saturated carbocycles. The molecule has 0 N–H and O–H groups in total. The standard InChI is InChI=1S/C18H18NO3S/c20-13-10-16-7-5-15(6-8-16)9-11-19-12-14-23(21,22)18-4-2-1-3-17(18)19/h1-8H,9-12,14H2. The number of fused-ring (bicyclic) bond motifs is 1. The number of sulfone groups is 1. The molecule has 5 heteroatoms. The average molecular weight is 328 g/mol. The number of rotatable bonds is 5. The SMILES string of the molecule is O=[C]Cc1ccc(CCN2CCS(=O)(=O)c3ccccc32)cc1. The molecular formula is C18H18NO3S. The maximum atomic E-state index is 12.1. The lowest BCUT2D eigenvalue weighted by atomic mass is 10.1. The van der Waals surface area contributed by atoms with Crippen molar-refractivity contribution < 1.29 is 13.2 Å². The van der Waals surface area contributed by atoms with E-state index in [1.54, 1.807) is 12.1 Å². The molecule has 4 nitrogen and oxygen atoms in total. The molecule has 0 aliphatic carbocycles. The number of carbonyl (C=O) groups excluding carboxylic acids is 1. The number of benzene rings is 2. The maximum absolute atomic E-state index is 12.1. The molecule has 0 spiro atoms. The van der Waals surface area contributed by atoms with Gasteiger partial charge in [0.2, 0.25) is 6.29 Å². The zero-order chi connectivity index (χ0) is 16.3. The molecule has 2 aromatic carbocycles. The molecule has 2 aromatic rings. The van der Waals surface area contributed by atoms with Gasteiger partial charge in [-0.2, -0.15) is 0 Å². The van der Waals surface area contributed by atoms with Crippen molar-refractivity contribution >= 4 is 21.8 Å². The fourth-order valence-corrected chi connectivity index (χ4v) is 4.33. The van der Waals surface area contributed by atoms with Crippen molar-refractivity contribution in [2.75, 3.05) is 23.7 Å². The Morgan fingerprint density at radius 3 is 2.43 bits per heavy atom. The summed E-state index contributed by atoms with van der Waals surface area (Å²) in [6.07, 6.45) is 3.04. The van der Waals surface area contributed by atoms with Crippen LogP contribution < -0.4 is 4.90 Å². The van der Waals surface area contributed by atoms with Gasteiger partial charge in [-0.3, -0.25) is 4.79 Å². The summed E-state index contributed by atoms with van der Waals surface area (Å²) in [6, 6.07) is 15.1. The second kappa shape index (κ2) is 6.54. The fourth-order valence-electron chi connectivity index (χ4n) is 2.85. The number of anilines is 1. The Kier molecular flexibility index (Phi) is 4.48. The molecule has 0 atom stereocenters. The summed E-state index contributed by atoms with van der Waals surface area (Å²) in [5, 5.41) is 0. The summed E-state index contributed by atoms with van der Waals surface area (Å²) in [5.74, 6) is 0.165. The van der Waals surface area contributed by atoms with Gasteiger partial charge in [-0.15, -0.1) is 0 Å². The first-order valence-electron chi connectivity index (χ1n) is 7.60. The largest absolute Gasteiger partial charge is 0.369 e. The highest BCUT2D eigenvalue weighted by Crippen LogP contribution is 2.30. The minimum absolute atomic E-state index is 0.165. The van der Waals surface area contributed by atoms with Gasteiger partial charge in [-0.05, 0) is 29.7 Å². The lowest BCUT2D eigenvalue weighted by Crippen LogP contribution is -2.36. The molecule has 0 amide bonds. The van der Waals surface area contributed by atoms with Crippen LogP contribution in [0, 0.1) is 0 Å². The van der Waals surface area contributed by atoms with E-state index in [0.29, 0.717) is 17.9 Å². The minimum Gasteiger partial charge on any atom is -0.369 e. The van der Waals surface area contributed by atoms with E-state index < -0.39 is 9.84 Å². The van der Waals surface area contributed by atoms with E-state index in [0.717, 1.165) is 24.2 Å². The van der Waals surface area contributed by atoms with E-state index in [1.165, 1.54) is 5.56 Å². The van der Waals surface area contributed by atoms with E-state index >= 15 is 0 Å². The number of hydrogen-bond acceptors (Lipinski definition) is 4. The second-order valence-electron chi connectivity index (χ2n) is 5.66. The van der Waals surface area contributed by atoms with Crippen LogP contribution in [0.3, 0.4) is 0 Å². The third-order valence-electron chi connectivity index (χ3n) is 4.14. The van der Waals surface area contributed by atoms with Crippen molar-refractivity contribution in [2.24, 2.45) is 0 Å². The van der Waals surface area contributed by atoms with Crippen molar-refractivity contribution in [3.63, 3.8) is 0 Å². The van der Waals surface area contributed by atoms with Crippen LogP contribution >= 0.6 is 0 Å². The highest BCUT2D eigenvalue weighted by Gasteiger charge is 2.27. The molecule has 0 fully saturated rings. The molecule has 1 radical (unpaired) electrons. The van der Waals surface area contributed by atoms with E-state index in [4.69, 9.17) is 0 Å². The molecule has 0 bridgehead atoms. The summed E-state index contributed by atoms with van der Waals surface area (Å²) < 4.78 is 24.3.